The van der Waals surface area contributed by atoms with Crippen LogP contribution in [-0.4, -0.2) is 21.8 Å². The Morgan fingerprint density at radius 2 is 2.09 bits per heavy atom. The van der Waals surface area contributed by atoms with Crippen molar-refractivity contribution in [2.75, 3.05) is 0 Å². The number of allylic oxidation sites excluding steroid dienone is 2. The number of rotatable bonds is 2. The summed E-state index contributed by atoms with van der Waals surface area (Å²) in [6.07, 6.45) is 4.11. The number of carbonyl (C=O) groups is 1. The average molecular weight is 316 g/mol. The number of aromatic hydroxyl groups is 1. The van der Waals surface area contributed by atoms with Crippen molar-refractivity contribution in [2.24, 2.45) is 5.92 Å². The Morgan fingerprint density at radius 1 is 1.39 bits per heavy atom. The van der Waals surface area contributed by atoms with Crippen LogP contribution in [-0.2, 0) is 4.79 Å². The molecule has 2 N–H and O–H groups in total. The number of ether oxygens (including phenoxy) is 1. The molecule has 0 saturated carbocycles. The second kappa shape index (κ2) is 5.29. The number of fused-ring (bicyclic) bond motifs is 3. The lowest BCUT2D eigenvalue weighted by atomic mass is 9.67. The summed E-state index contributed by atoms with van der Waals surface area (Å²) in [6.45, 7) is 7.89. The molecule has 2 aliphatic rings. The molecule has 23 heavy (non-hydrogen) atoms. The summed E-state index contributed by atoms with van der Waals surface area (Å²) in [5.74, 6) is -0.266. The summed E-state index contributed by atoms with van der Waals surface area (Å²) in [5.41, 5.74) is 2.40. The molecule has 0 fully saturated rings. The van der Waals surface area contributed by atoms with Crippen molar-refractivity contribution in [3.63, 3.8) is 0 Å². The predicted molar refractivity (Wildman–Crippen MR) is 88.1 cm³/mol. The van der Waals surface area contributed by atoms with Crippen molar-refractivity contribution in [3.05, 3.63) is 34.9 Å². The monoisotopic (exact) mass is 316 g/mol. The third-order valence-corrected chi connectivity index (χ3v) is 5.40. The van der Waals surface area contributed by atoms with Crippen LogP contribution in [0.4, 0.5) is 0 Å². The second-order valence-electron chi connectivity index (χ2n) is 7.42. The van der Waals surface area contributed by atoms with E-state index in [-0.39, 0.29) is 17.3 Å². The first-order valence-corrected chi connectivity index (χ1v) is 8.15. The molecule has 3 rings (SSSR count). The van der Waals surface area contributed by atoms with Gasteiger partial charge < -0.3 is 14.9 Å². The van der Waals surface area contributed by atoms with Gasteiger partial charge in [0.2, 0.25) is 0 Å². The zero-order chi connectivity index (χ0) is 16.9. The van der Waals surface area contributed by atoms with Crippen LogP contribution in [0.25, 0.3) is 0 Å². The molecule has 0 aromatic heterocycles. The van der Waals surface area contributed by atoms with Gasteiger partial charge in [0.1, 0.15) is 17.1 Å². The minimum atomic E-state index is -0.909. The van der Waals surface area contributed by atoms with Crippen LogP contribution in [0.2, 0.25) is 0 Å². The van der Waals surface area contributed by atoms with Crippen LogP contribution in [0.15, 0.2) is 23.8 Å². The zero-order valence-electron chi connectivity index (χ0n) is 14.1. The molecule has 0 saturated heterocycles. The van der Waals surface area contributed by atoms with E-state index in [0.29, 0.717) is 17.2 Å². The van der Waals surface area contributed by atoms with Gasteiger partial charge in [-0.3, -0.25) is 4.79 Å². The normalized spacial score (nSPS) is 26.3. The van der Waals surface area contributed by atoms with E-state index in [4.69, 9.17) is 4.74 Å². The van der Waals surface area contributed by atoms with E-state index < -0.39 is 11.9 Å². The maximum absolute atomic E-state index is 11.2. The van der Waals surface area contributed by atoms with E-state index in [1.54, 1.807) is 19.1 Å². The van der Waals surface area contributed by atoms with E-state index >= 15 is 0 Å². The summed E-state index contributed by atoms with van der Waals surface area (Å²) in [6, 6.07) is 3.38. The predicted octanol–water partition coefficient (Wildman–Crippen LogP) is 4.19. The summed E-state index contributed by atoms with van der Waals surface area (Å²) in [5, 5.41) is 19.8. The molecule has 3 atom stereocenters. The van der Waals surface area contributed by atoms with E-state index in [9.17, 15) is 15.0 Å². The number of phenolic OH excluding ortho intramolecular Hbond substituents is 1. The highest BCUT2D eigenvalue weighted by molar-refractivity contribution is 5.76. The fourth-order valence-electron chi connectivity index (χ4n) is 3.98. The zero-order valence-corrected chi connectivity index (χ0v) is 14.1. The third-order valence-electron chi connectivity index (χ3n) is 5.40. The Balaban J connectivity index is 2.12. The number of hydrogen-bond donors (Lipinski definition) is 2. The van der Waals surface area contributed by atoms with E-state index in [1.165, 1.54) is 5.57 Å². The molecule has 0 amide bonds. The first-order chi connectivity index (χ1) is 10.7. The van der Waals surface area contributed by atoms with Gasteiger partial charge in [0, 0.05) is 17.4 Å². The van der Waals surface area contributed by atoms with Crippen molar-refractivity contribution in [2.45, 2.75) is 58.0 Å². The number of phenols is 1. The number of carboxylic acid groups (broad SMARTS) is 1. The Kier molecular flexibility index (Phi) is 3.66. The number of benzene rings is 1. The summed E-state index contributed by atoms with van der Waals surface area (Å²) >= 11 is 0. The fourth-order valence-corrected chi connectivity index (χ4v) is 3.98. The van der Waals surface area contributed by atoms with Crippen LogP contribution in [0.3, 0.4) is 0 Å². The van der Waals surface area contributed by atoms with E-state index in [0.717, 1.165) is 18.4 Å². The second-order valence-corrected chi connectivity index (χ2v) is 7.42. The highest BCUT2D eigenvalue weighted by Gasteiger charge is 2.45. The summed E-state index contributed by atoms with van der Waals surface area (Å²) in [7, 11) is 0. The Bertz CT molecular complexity index is 687. The smallest absolute Gasteiger partial charge is 0.310 e. The highest BCUT2D eigenvalue weighted by Crippen LogP contribution is 2.54. The SMILES string of the molecule is CC1=CCC2[C@@H](C1)c1c(O)cc([C@H](C)C(=O)O)cc1OC2(C)C. The molecular weight excluding hydrogens is 292 g/mol. The molecule has 124 valence electrons. The van der Waals surface area contributed by atoms with Gasteiger partial charge in [0.25, 0.3) is 0 Å². The van der Waals surface area contributed by atoms with Crippen LogP contribution in [0.1, 0.15) is 63.5 Å². The molecule has 1 unspecified atom stereocenters. The van der Waals surface area contributed by atoms with E-state index in [1.807, 2.05) is 0 Å². The summed E-state index contributed by atoms with van der Waals surface area (Å²) < 4.78 is 6.19. The third kappa shape index (κ3) is 2.60. The molecule has 1 aromatic carbocycles. The molecule has 0 spiro atoms. The maximum Gasteiger partial charge on any atom is 0.310 e. The number of hydrogen-bond acceptors (Lipinski definition) is 3. The molecule has 0 radical (unpaired) electrons. The first-order valence-electron chi connectivity index (χ1n) is 8.15. The Hall–Kier alpha value is -1.97. The molecule has 1 heterocycles. The van der Waals surface area contributed by atoms with Gasteiger partial charge in [0.05, 0.1) is 5.92 Å². The van der Waals surface area contributed by atoms with Gasteiger partial charge in [-0.1, -0.05) is 11.6 Å². The lowest BCUT2D eigenvalue weighted by molar-refractivity contribution is -0.138. The van der Waals surface area contributed by atoms with Crippen LogP contribution < -0.4 is 4.74 Å². The molecule has 0 bridgehead atoms. The molecule has 1 aliphatic heterocycles. The quantitative estimate of drug-likeness (QED) is 0.803. The highest BCUT2D eigenvalue weighted by atomic mass is 16.5. The summed E-state index contributed by atoms with van der Waals surface area (Å²) in [4.78, 5) is 11.2. The van der Waals surface area contributed by atoms with Crippen molar-refractivity contribution in [1.29, 1.82) is 0 Å². The number of carboxylic acids is 1. The molecule has 1 aliphatic carbocycles. The Labute approximate surface area is 136 Å². The molecule has 1 aromatic rings. The van der Waals surface area contributed by atoms with Crippen molar-refractivity contribution in [1.82, 2.24) is 0 Å². The average Bonchev–Trinajstić information content (AvgIpc) is 2.44. The van der Waals surface area contributed by atoms with Gasteiger partial charge >= 0.3 is 5.97 Å². The molecule has 4 nitrogen and oxygen atoms in total. The largest absolute Gasteiger partial charge is 0.508 e. The van der Waals surface area contributed by atoms with Crippen LogP contribution >= 0.6 is 0 Å². The van der Waals surface area contributed by atoms with Gasteiger partial charge in [-0.15, -0.1) is 0 Å². The van der Waals surface area contributed by atoms with Crippen molar-refractivity contribution in [3.8, 4) is 11.5 Å². The fraction of sp³-hybridized carbons (Fsp3) is 0.526. The van der Waals surface area contributed by atoms with Gasteiger partial charge in [-0.05, 0) is 58.2 Å². The minimum Gasteiger partial charge on any atom is -0.508 e. The van der Waals surface area contributed by atoms with E-state index in [2.05, 4.69) is 26.8 Å². The van der Waals surface area contributed by atoms with Crippen molar-refractivity contribution >= 4 is 5.97 Å². The first kappa shape index (κ1) is 15.9. The number of aliphatic carboxylic acids is 1. The minimum absolute atomic E-state index is 0.158. The molecular formula is C19H24O4. The lowest BCUT2D eigenvalue weighted by Gasteiger charge is -2.47. The standard InChI is InChI=1S/C19H24O4/c1-10-5-6-14-13(7-10)17-15(20)8-12(11(2)18(21)22)9-16(17)23-19(14,3)4/h5,8-9,11,13-14,20H,6-7H2,1-4H3,(H,21,22)/t11-,13+,14?/m0/s1. The molecule has 4 heteroatoms. The van der Waals surface area contributed by atoms with Crippen LogP contribution in [0.5, 0.6) is 11.5 Å². The lowest BCUT2D eigenvalue weighted by Crippen LogP contribution is -2.45. The maximum atomic E-state index is 11.2. The van der Waals surface area contributed by atoms with Crippen LogP contribution in [0, 0.1) is 5.92 Å². The van der Waals surface area contributed by atoms with Gasteiger partial charge in [0.15, 0.2) is 0 Å². The Morgan fingerprint density at radius 3 is 2.74 bits per heavy atom. The van der Waals surface area contributed by atoms with Gasteiger partial charge in [-0.25, -0.2) is 0 Å². The van der Waals surface area contributed by atoms with Gasteiger partial charge in [-0.2, -0.15) is 0 Å². The van der Waals surface area contributed by atoms with Crippen molar-refractivity contribution < 1.29 is 19.7 Å². The topological polar surface area (TPSA) is 66.8 Å².